The van der Waals surface area contributed by atoms with Crippen LogP contribution in [0.25, 0.3) is 0 Å². The van der Waals surface area contributed by atoms with Crippen molar-refractivity contribution in [2.45, 2.75) is 85.0 Å². The van der Waals surface area contributed by atoms with Gasteiger partial charge in [0, 0.05) is 0 Å². The van der Waals surface area contributed by atoms with Gasteiger partial charge in [0.05, 0.1) is 11.1 Å². The van der Waals surface area contributed by atoms with Gasteiger partial charge in [-0.05, 0) is 48.4 Å². The van der Waals surface area contributed by atoms with Gasteiger partial charge in [-0.15, -0.1) is 0 Å². The van der Waals surface area contributed by atoms with Crippen LogP contribution in [0.5, 0.6) is 0 Å². The first-order valence-corrected chi connectivity index (χ1v) is 9.61. The fraction of sp³-hybridized carbons (Fsp3) is 0.619. The third-order valence-electron chi connectivity index (χ3n) is 4.64. The average molecular weight is 348 g/mol. The third kappa shape index (κ3) is 5.87. The second-order valence-corrected chi connectivity index (χ2v) is 6.69. The van der Waals surface area contributed by atoms with E-state index in [1.807, 2.05) is 6.92 Å². The molecule has 0 amide bonds. The smallest absolute Gasteiger partial charge is 0.336 e. The molecule has 25 heavy (non-hydrogen) atoms. The minimum Gasteiger partial charge on any atom is -0.478 e. The molecular formula is C21H32O4. The van der Waals surface area contributed by atoms with Crippen molar-refractivity contribution in [1.82, 2.24) is 0 Å². The highest BCUT2D eigenvalue weighted by atomic mass is 16.4. The molecule has 0 aliphatic carbocycles. The maximum atomic E-state index is 11.8. The summed E-state index contributed by atoms with van der Waals surface area (Å²) in [5.74, 6) is -2.28. The van der Waals surface area contributed by atoms with Gasteiger partial charge >= 0.3 is 11.9 Å². The van der Waals surface area contributed by atoms with E-state index in [4.69, 9.17) is 0 Å². The highest BCUT2D eigenvalue weighted by molar-refractivity contribution is 6.03. The van der Waals surface area contributed by atoms with Crippen molar-refractivity contribution in [3.05, 3.63) is 33.9 Å². The molecule has 0 aliphatic heterocycles. The van der Waals surface area contributed by atoms with E-state index in [0.29, 0.717) is 6.42 Å². The average Bonchev–Trinajstić information content (AvgIpc) is 2.56. The van der Waals surface area contributed by atoms with E-state index in [-0.39, 0.29) is 11.1 Å². The number of rotatable bonds is 12. The monoisotopic (exact) mass is 348 g/mol. The first kappa shape index (κ1) is 21.2. The van der Waals surface area contributed by atoms with Gasteiger partial charge in [0.2, 0.25) is 0 Å². The zero-order valence-corrected chi connectivity index (χ0v) is 15.9. The Labute approximate surface area is 151 Å². The number of carboxylic acid groups (broad SMARTS) is 2. The summed E-state index contributed by atoms with van der Waals surface area (Å²) in [6, 6.07) is 1.62. The fourth-order valence-electron chi connectivity index (χ4n) is 3.48. The highest BCUT2D eigenvalue weighted by Gasteiger charge is 2.24. The summed E-state index contributed by atoms with van der Waals surface area (Å²) in [7, 11) is 0. The van der Waals surface area contributed by atoms with Crippen molar-refractivity contribution in [1.29, 1.82) is 0 Å². The first-order chi connectivity index (χ1) is 12.0. The molecule has 0 atom stereocenters. The van der Waals surface area contributed by atoms with Crippen LogP contribution in [-0.4, -0.2) is 22.2 Å². The minimum atomic E-state index is -1.15. The SMILES string of the molecule is CCCCCCCc1cc(C(=O)O)c(C(=O)O)c(CCC)c1CCC. The van der Waals surface area contributed by atoms with Gasteiger partial charge in [-0.2, -0.15) is 0 Å². The van der Waals surface area contributed by atoms with Crippen LogP contribution in [0.2, 0.25) is 0 Å². The minimum absolute atomic E-state index is 0.00691. The van der Waals surface area contributed by atoms with Gasteiger partial charge in [-0.3, -0.25) is 0 Å². The lowest BCUT2D eigenvalue weighted by Crippen LogP contribution is -2.16. The molecule has 1 aromatic rings. The standard InChI is InChI=1S/C21H32O4/c1-4-7-8-9-10-13-15-14-18(20(22)23)19(21(24)25)17(12-6-3)16(15)11-5-2/h14H,4-13H2,1-3H3,(H,22,23)(H,24,25). The van der Waals surface area contributed by atoms with Gasteiger partial charge < -0.3 is 10.2 Å². The van der Waals surface area contributed by atoms with Gasteiger partial charge in [-0.1, -0.05) is 59.3 Å². The van der Waals surface area contributed by atoms with Crippen LogP contribution in [0.1, 0.15) is 103 Å². The predicted molar refractivity (Wildman–Crippen MR) is 101 cm³/mol. The summed E-state index contributed by atoms with van der Waals surface area (Å²) in [5, 5.41) is 19.1. The maximum absolute atomic E-state index is 11.8. The van der Waals surface area contributed by atoms with Crippen LogP contribution in [0.15, 0.2) is 6.07 Å². The second-order valence-electron chi connectivity index (χ2n) is 6.69. The Morgan fingerprint density at radius 2 is 1.36 bits per heavy atom. The number of hydrogen-bond acceptors (Lipinski definition) is 2. The van der Waals surface area contributed by atoms with E-state index in [0.717, 1.165) is 55.2 Å². The molecule has 0 saturated heterocycles. The number of benzene rings is 1. The number of hydrogen-bond donors (Lipinski definition) is 2. The molecule has 0 fully saturated rings. The van der Waals surface area contributed by atoms with Crippen molar-refractivity contribution >= 4 is 11.9 Å². The summed E-state index contributed by atoms with van der Waals surface area (Å²) >= 11 is 0. The van der Waals surface area contributed by atoms with Crippen molar-refractivity contribution < 1.29 is 19.8 Å². The number of carbonyl (C=O) groups is 2. The summed E-state index contributed by atoms with van der Waals surface area (Å²) in [4.78, 5) is 23.4. The molecule has 0 saturated carbocycles. The molecule has 2 N–H and O–H groups in total. The number of carboxylic acids is 2. The number of aromatic carboxylic acids is 2. The molecule has 0 aliphatic rings. The van der Waals surface area contributed by atoms with Gasteiger partial charge in [0.15, 0.2) is 0 Å². The molecule has 4 nitrogen and oxygen atoms in total. The van der Waals surface area contributed by atoms with Gasteiger partial charge in [0.1, 0.15) is 0 Å². The largest absolute Gasteiger partial charge is 0.478 e. The Morgan fingerprint density at radius 1 is 0.760 bits per heavy atom. The van der Waals surface area contributed by atoms with E-state index < -0.39 is 11.9 Å². The van der Waals surface area contributed by atoms with Crippen molar-refractivity contribution in [2.24, 2.45) is 0 Å². The van der Waals surface area contributed by atoms with Crippen molar-refractivity contribution in [2.75, 3.05) is 0 Å². The fourth-order valence-corrected chi connectivity index (χ4v) is 3.48. The molecule has 0 unspecified atom stereocenters. The Balaban J connectivity index is 3.32. The zero-order chi connectivity index (χ0) is 18.8. The van der Waals surface area contributed by atoms with Crippen molar-refractivity contribution in [3.63, 3.8) is 0 Å². The summed E-state index contributed by atoms with van der Waals surface area (Å²) in [6.45, 7) is 6.26. The first-order valence-electron chi connectivity index (χ1n) is 9.61. The second kappa shape index (κ2) is 10.9. The lowest BCUT2D eigenvalue weighted by Gasteiger charge is -2.19. The normalized spacial score (nSPS) is 10.8. The maximum Gasteiger partial charge on any atom is 0.336 e. The Bertz CT molecular complexity index is 590. The lowest BCUT2D eigenvalue weighted by atomic mass is 9.85. The molecule has 1 aromatic carbocycles. The Hall–Kier alpha value is -1.84. The lowest BCUT2D eigenvalue weighted by molar-refractivity contribution is 0.0650. The highest BCUT2D eigenvalue weighted by Crippen LogP contribution is 2.28. The van der Waals surface area contributed by atoms with Crippen LogP contribution in [0.3, 0.4) is 0 Å². The van der Waals surface area contributed by atoms with E-state index in [2.05, 4.69) is 13.8 Å². The van der Waals surface area contributed by atoms with Crippen LogP contribution < -0.4 is 0 Å². The zero-order valence-electron chi connectivity index (χ0n) is 15.9. The third-order valence-corrected chi connectivity index (χ3v) is 4.64. The summed E-state index contributed by atoms with van der Waals surface area (Å²) in [6.07, 6.45) is 9.73. The van der Waals surface area contributed by atoms with E-state index >= 15 is 0 Å². The molecule has 1 rings (SSSR count). The number of unbranched alkanes of at least 4 members (excludes halogenated alkanes) is 4. The predicted octanol–water partition coefficient (Wildman–Crippen LogP) is 5.50. The molecule has 0 bridgehead atoms. The summed E-state index contributed by atoms with van der Waals surface area (Å²) < 4.78 is 0. The molecule has 0 spiro atoms. The number of aryl methyl sites for hydroxylation is 1. The van der Waals surface area contributed by atoms with Crippen LogP contribution in [-0.2, 0) is 19.3 Å². The molecule has 0 heterocycles. The summed E-state index contributed by atoms with van der Waals surface area (Å²) in [5.41, 5.74) is 2.78. The molecular weight excluding hydrogens is 316 g/mol. The van der Waals surface area contributed by atoms with Crippen molar-refractivity contribution in [3.8, 4) is 0 Å². The van der Waals surface area contributed by atoms with Crippen LogP contribution in [0, 0.1) is 0 Å². The Morgan fingerprint density at radius 3 is 1.88 bits per heavy atom. The van der Waals surface area contributed by atoms with Crippen LogP contribution >= 0.6 is 0 Å². The Kier molecular flexibility index (Phi) is 9.25. The van der Waals surface area contributed by atoms with E-state index in [9.17, 15) is 19.8 Å². The van der Waals surface area contributed by atoms with Gasteiger partial charge in [0.25, 0.3) is 0 Å². The molecule has 0 radical (unpaired) electrons. The quantitative estimate of drug-likeness (QED) is 0.489. The van der Waals surface area contributed by atoms with Crippen LogP contribution in [0.4, 0.5) is 0 Å². The molecule has 0 aromatic heterocycles. The van der Waals surface area contributed by atoms with E-state index in [1.54, 1.807) is 6.07 Å². The molecule has 140 valence electrons. The molecule has 4 heteroatoms. The topological polar surface area (TPSA) is 74.6 Å². The van der Waals surface area contributed by atoms with E-state index in [1.165, 1.54) is 19.3 Å². The van der Waals surface area contributed by atoms with Gasteiger partial charge in [-0.25, -0.2) is 9.59 Å².